The van der Waals surface area contributed by atoms with Crippen LogP contribution in [0.15, 0.2) is 18.2 Å². The quantitative estimate of drug-likeness (QED) is 0.608. The molecular formula is C24H35N3O4. The van der Waals surface area contributed by atoms with Crippen molar-refractivity contribution in [3.8, 4) is 11.5 Å². The summed E-state index contributed by atoms with van der Waals surface area (Å²) in [6, 6.07) is 5.96. The molecule has 170 valence electrons. The van der Waals surface area contributed by atoms with Gasteiger partial charge in [-0.2, -0.15) is 0 Å². The van der Waals surface area contributed by atoms with Crippen molar-refractivity contribution >= 4 is 22.7 Å². The van der Waals surface area contributed by atoms with Crippen LogP contribution in [-0.2, 0) is 16.1 Å². The fraction of sp³-hybridized carbons (Fsp3) is 0.583. The Morgan fingerprint density at radius 2 is 1.87 bits per heavy atom. The number of anilines is 1. The lowest BCUT2D eigenvalue weighted by atomic mass is 9.96. The van der Waals surface area contributed by atoms with Crippen LogP contribution in [0.2, 0.25) is 0 Å². The van der Waals surface area contributed by atoms with Crippen LogP contribution in [0.4, 0.5) is 5.82 Å². The molecule has 1 aliphatic rings. The van der Waals surface area contributed by atoms with Gasteiger partial charge in [0.15, 0.2) is 0 Å². The third-order valence-electron chi connectivity index (χ3n) is 5.69. The number of nitrogens with one attached hydrogen (secondary N) is 1. The number of fused-ring (bicyclic) bond motifs is 1. The molecule has 3 rings (SSSR count). The first-order chi connectivity index (χ1) is 15.0. The van der Waals surface area contributed by atoms with E-state index in [1.807, 2.05) is 19.1 Å². The van der Waals surface area contributed by atoms with Crippen molar-refractivity contribution in [2.45, 2.75) is 40.2 Å². The summed E-state index contributed by atoms with van der Waals surface area (Å²) < 4.78 is 16.4. The number of rotatable bonds is 9. The lowest BCUT2D eigenvalue weighted by Crippen LogP contribution is -2.38. The van der Waals surface area contributed by atoms with E-state index in [0.717, 1.165) is 66.3 Å². The Balaban J connectivity index is 1.94. The summed E-state index contributed by atoms with van der Waals surface area (Å²) in [7, 11) is 3.33. The first-order valence-corrected chi connectivity index (χ1v) is 11.1. The highest BCUT2D eigenvalue weighted by atomic mass is 16.5. The van der Waals surface area contributed by atoms with Crippen molar-refractivity contribution in [3.63, 3.8) is 0 Å². The predicted molar refractivity (Wildman–Crippen MR) is 123 cm³/mol. The number of ether oxygens (including phenoxy) is 3. The number of hydrogen-bond acceptors (Lipinski definition) is 7. The van der Waals surface area contributed by atoms with Gasteiger partial charge >= 0.3 is 5.97 Å². The van der Waals surface area contributed by atoms with Crippen molar-refractivity contribution in [1.82, 2.24) is 10.3 Å². The number of carbonyl (C=O) groups excluding carboxylic acids is 1. The third-order valence-corrected chi connectivity index (χ3v) is 5.69. The minimum atomic E-state index is -0.0844. The van der Waals surface area contributed by atoms with E-state index in [1.54, 1.807) is 14.2 Å². The van der Waals surface area contributed by atoms with Gasteiger partial charge in [-0.15, -0.1) is 0 Å². The molecule has 0 aliphatic carbocycles. The van der Waals surface area contributed by atoms with E-state index < -0.39 is 0 Å². The molecule has 7 nitrogen and oxygen atoms in total. The topological polar surface area (TPSA) is 72.9 Å². The van der Waals surface area contributed by atoms with Crippen LogP contribution in [0, 0.1) is 11.8 Å². The number of aromatic nitrogens is 1. The highest BCUT2D eigenvalue weighted by Crippen LogP contribution is 2.36. The van der Waals surface area contributed by atoms with E-state index in [2.05, 4.69) is 30.1 Å². The summed E-state index contributed by atoms with van der Waals surface area (Å²) in [5, 5.41) is 4.48. The lowest BCUT2D eigenvalue weighted by Gasteiger charge is -2.33. The van der Waals surface area contributed by atoms with Gasteiger partial charge in [0.25, 0.3) is 0 Å². The number of pyridine rings is 1. The number of benzene rings is 1. The van der Waals surface area contributed by atoms with Gasteiger partial charge < -0.3 is 24.4 Å². The monoisotopic (exact) mass is 429 g/mol. The van der Waals surface area contributed by atoms with Crippen LogP contribution in [-0.4, -0.2) is 51.4 Å². The number of methoxy groups -OCH3 is 2. The zero-order valence-electron chi connectivity index (χ0n) is 19.4. The zero-order chi connectivity index (χ0) is 22.4. The van der Waals surface area contributed by atoms with E-state index >= 15 is 0 Å². The molecule has 1 aromatic carbocycles. The second kappa shape index (κ2) is 10.7. The van der Waals surface area contributed by atoms with Crippen molar-refractivity contribution < 1.29 is 19.0 Å². The minimum Gasteiger partial charge on any atom is -0.496 e. The van der Waals surface area contributed by atoms with E-state index in [0.29, 0.717) is 19.1 Å². The minimum absolute atomic E-state index is 0.0335. The molecule has 1 aliphatic heterocycles. The number of carbonyl (C=O) groups is 1. The summed E-state index contributed by atoms with van der Waals surface area (Å²) in [5.74, 6) is 2.89. The van der Waals surface area contributed by atoms with Crippen molar-refractivity contribution in [3.05, 3.63) is 23.8 Å². The van der Waals surface area contributed by atoms with Crippen molar-refractivity contribution in [2.24, 2.45) is 11.8 Å². The predicted octanol–water partition coefficient (Wildman–Crippen LogP) is 3.78. The molecule has 7 heteroatoms. The van der Waals surface area contributed by atoms with Gasteiger partial charge in [0.2, 0.25) is 0 Å². The van der Waals surface area contributed by atoms with Gasteiger partial charge in [-0.05, 0) is 50.4 Å². The van der Waals surface area contributed by atoms with Crippen LogP contribution in [0.5, 0.6) is 11.5 Å². The van der Waals surface area contributed by atoms with Crippen LogP contribution in [0.25, 0.3) is 10.9 Å². The SMILES string of the molecule is CCOC(=O)C1CCN(c2nc3c(OC)ccc(OC)c3cc2CNCC(C)C)CC1. The van der Waals surface area contributed by atoms with Gasteiger partial charge in [0, 0.05) is 30.6 Å². The number of piperidine rings is 1. The van der Waals surface area contributed by atoms with Gasteiger partial charge in [-0.3, -0.25) is 4.79 Å². The molecule has 0 spiro atoms. The Hall–Kier alpha value is -2.54. The lowest BCUT2D eigenvalue weighted by molar-refractivity contribution is -0.148. The summed E-state index contributed by atoms with van der Waals surface area (Å²) >= 11 is 0. The number of esters is 1. The molecule has 1 N–H and O–H groups in total. The molecule has 2 heterocycles. The van der Waals surface area contributed by atoms with Crippen LogP contribution in [0.3, 0.4) is 0 Å². The Morgan fingerprint density at radius 3 is 2.48 bits per heavy atom. The van der Waals surface area contributed by atoms with E-state index in [9.17, 15) is 4.79 Å². The van der Waals surface area contributed by atoms with Gasteiger partial charge in [-0.1, -0.05) is 13.8 Å². The second-order valence-electron chi connectivity index (χ2n) is 8.38. The largest absolute Gasteiger partial charge is 0.496 e. The third kappa shape index (κ3) is 5.39. The molecule has 1 aromatic heterocycles. The molecule has 0 unspecified atom stereocenters. The highest BCUT2D eigenvalue weighted by molar-refractivity contribution is 5.92. The summed E-state index contributed by atoms with van der Waals surface area (Å²) in [6.45, 7) is 9.85. The Kier molecular flexibility index (Phi) is 7.96. The molecule has 31 heavy (non-hydrogen) atoms. The molecule has 1 fully saturated rings. The maximum atomic E-state index is 12.1. The average Bonchev–Trinajstić information content (AvgIpc) is 2.78. The normalized spacial score (nSPS) is 14.8. The maximum absolute atomic E-state index is 12.1. The molecule has 0 amide bonds. The Labute approximate surface area is 185 Å². The van der Waals surface area contributed by atoms with Crippen LogP contribution in [0.1, 0.15) is 39.2 Å². The zero-order valence-corrected chi connectivity index (χ0v) is 19.4. The first-order valence-electron chi connectivity index (χ1n) is 11.1. The summed E-state index contributed by atoms with van der Waals surface area (Å²) in [5.41, 5.74) is 1.91. The van der Waals surface area contributed by atoms with Gasteiger partial charge in [0.1, 0.15) is 22.8 Å². The first kappa shape index (κ1) is 23.1. The smallest absolute Gasteiger partial charge is 0.309 e. The number of hydrogen-bond donors (Lipinski definition) is 1. The second-order valence-corrected chi connectivity index (χ2v) is 8.38. The molecule has 0 radical (unpaired) electrons. The highest BCUT2D eigenvalue weighted by Gasteiger charge is 2.28. The van der Waals surface area contributed by atoms with Crippen LogP contribution >= 0.6 is 0 Å². The van der Waals surface area contributed by atoms with E-state index in [1.165, 1.54) is 0 Å². The summed E-state index contributed by atoms with van der Waals surface area (Å²) in [6.07, 6.45) is 1.54. The van der Waals surface area contributed by atoms with Gasteiger partial charge in [-0.25, -0.2) is 4.98 Å². The average molecular weight is 430 g/mol. The van der Waals surface area contributed by atoms with Gasteiger partial charge in [0.05, 0.1) is 26.7 Å². The molecule has 1 saturated heterocycles. The molecule has 0 atom stereocenters. The van der Waals surface area contributed by atoms with Crippen LogP contribution < -0.4 is 19.7 Å². The van der Waals surface area contributed by atoms with E-state index in [4.69, 9.17) is 19.2 Å². The fourth-order valence-electron chi connectivity index (χ4n) is 4.07. The standard InChI is InChI=1S/C24H35N3O4/c1-6-31-24(28)17-9-11-27(12-10-17)23-18(15-25-14-16(2)3)13-19-20(29-4)7-8-21(30-5)22(19)26-23/h7-8,13,16-17,25H,6,9-12,14-15H2,1-5H3. The summed E-state index contributed by atoms with van der Waals surface area (Å²) in [4.78, 5) is 19.5. The molecule has 0 saturated carbocycles. The molecule has 0 bridgehead atoms. The fourth-order valence-corrected chi connectivity index (χ4v) is 4.07. The van der Waals surface area contributed by atoms with E-state index in [-0.39, 0.29) is 11.9 Å². The van der Waals surface area contributed by atoms with Crippen molar-refractivity contribution in [1.29, 1.82) is 0 Å². The van der Waals surface area contributed by atoms with Crippen molar-refractivity contribution in [2.75, 3.05) is 45.4 Å². The maximum Gasteiger partial charge on any atom is 0.309 e. The number of nitrogens with zero attached hydrogens (tertiary/aromatic N) is 2. The molecular weight excluding hydrogens is 394 g/mol. The Bertz CT molecular complexity index is 892. The Morgan fingerprint density at radius 1 is 1.19 bits per heavy atom. The molecule has 2 aromatic rings.